The van der Waals surface area contributed by atoms with Gasteiger partial charge in [-0.2, -0.15) is 0 Å². The summed E-state index contributed by atoms with van der Waals surface area (Å²) in [5.41, 5.74) is 1.99. The second-order valence-electron chi connectivity index (χ2n) is 4.50. The zero-order valence-corrected chi connectivity index (χ0v) is 11.4. The Balaban J connectivity index is 2.27. The molecule has 1 aromatic rings. The van der Waals surface area contributed by atoms with E-state index < -0.39 is 5.97 Å². The highest BCUT2D eigenvalue weighted by Gasteiger charge is 2.21. The van der Waals surface area contributed by atoms with E-state index >= 15 is 0 Å². The van der Waals surface area contributed by atoms with Crippen molar-refractivity contribution in [3.05, 3.63) is 22.9 Å². The fraction of sp³-hybridized carbons (Fsp3) is 0.538. The lowest BCUT2D eigenvalue weighted by Crippen LogP contribution is -2.18. The fourth-order valence-corrected chi connectivity index (χ4v) is 3.41. The molecule has 2 heterocycles. The van der Waals surface area contributed by atoms with Gasteiger partial charge in [0.2, 0.25) is 0 Å². The van der Waals surface area contributed by atoms with Gasteiger partial charge in [-0.1, -0.05) is 0 Å². The minimum Gasteiger partial charge on any atom is -0.478 e. The Morgan fingerprint density at radius 2 is 2.11 bits per heavy atom. The molecular formula is C13H17NO3S. The molecule has 1 aliphatic heterocycles. The molecule has 0 aliphatic carbocycles. The highest BCUT2D eigenvalue weighted by atomic mass is 32.2. The number of hydrogen-bond acceptors (Lipinski definition) is 4. The number of carbonyl (C=O) groups is 1. The van der Waals surface area contributed by atoms with Gasteiger partial charge in [-0.3, -0.25) is 0 Å². The number of carboxylic acids is 1. The summed E-state index contributed by atoms with van der Waals surface area (Å²) in [7, 11) is 0. The van der Waals surface area contributed by atoms with Crippen molar-refractivity contribution < 1.29 is 14.6 Å². The topological polar surface area (TPSA) is 59.4 Å². The minimum absolute atomic E-state index is 0.345. The Morgan fingerprint density at radius 3 is 2.72 bits per heavy atom. The summed E-state index contributed by atoms with van der Waals surface area (Å²) in [4.78, 5) is 15.7. The molecule has 1 fully saturated rings. The number of ether oxygens (including phenoxy) is 1. The lowest BCUT2D eigenvalue weighted by atomic mass is 10.1. The molecule has 1 N–H and O–H groups in total. The molecule has 2 rings (SSSR count). The molecule has 0 amide bonds. The van der Waals surface area contributed by atoms with Crippen molar-refractivity contribution in [1.82, 2.24) is 4.98 Å². The van der Waals surface area contributed by atoms with E-state index in [1.165, 1.54) is 0 Å². The summed E-state index contributed by atoms with van der Waals surface area (Å²) in [6, 6.07) is 1.82. The molecule has 5 heteroatoms. The average Bonchev–Trinajstić information content (AvgIpc) is 2.28. The Hall–Kier alpha value is -1.07. The Bertz CT molecular complexity index is 456. The van der Waals surface area contributed by atoms with Gasteiger partial charge in [-0.25, -0.2) is 9.78 Å². The molecule has 1 aliphatic rings. The number of rotatable bonds is 3. The summed E-state index contributed by atoms with van der Waals surface area (Å²) in [6.45, 7) is 5.23. The molecule has 0 atom stereocenters. The normalized spacial score (nSPS) is 16.8. The van der Waals surface area contributed by atoms with Crippen LogP contribution in [-0.2, 0) is 4.74 Å². The number of pyridine rings is 1. The van der Waals surface area contributed by atoms with Gasteiger partial charge in [0.15, 0.2) is 0 Å². The molecule has 0 radical (unpaired) electrons. The summed E-state index contributed by atoms with van der Waals surface area (Å²) in [6.07, 6.45) is 1.91. The number of hydrogen-bond donors (Lipinski definition) is 1. The van der Waals surface area contributed by atoms with E-state index in [0.29, 0.717) is 15.8 Å². The molecule has 1 aromatic heterocycles. The molecule has 0 aromatic carbocycles. The van der Waals surface area contributed by atoms with Crippen LogP contribution in [0.15, 0.2) is 11.1 Å². The van der Waals surface area contributed by atoms with Gasteiger partial charge in [0.1, 0.15) is 5.03 Å². The average molecular weight is 267 g/mol. The summed E-state index contributed by atoms with van der Waals surface area (Å²) >= 11 is 1.58. The van der Waals surface area contributed by atoms with Crippen molar-refractivity contribution in [1.29, 1.82) is 0 Å². The molecule has 1 saturated heterocycles. The first kappa shape index (κ1) is 13.4. The van der Waals surface area contributed by atoms with Gasteiger partial charge in [0, 0.05) is 24.2 Å². The van der Waals surface area contributed by atoms with E-state index in [1.54, 1.807) is 11.8 Å². The summed E-state index contributed by atoms with van der Waals surface area (Å²) in [5.74, 6) is -0.894. The van der Waals surface area contributed by atoms with Crippen LogP contribution in [0.1, 0.15) is 34.5 Å². The molecule has 18 heavy (non-hydrogen) atoms. The maximum atomic E-state index is 11.3. The molecule has 0 bridgehead atoms. The third-order valence-electron chi connectivity index (χ3n) is 2.97. The molecule has 4 nitrogen and oxygen atoms in total. The van der Waals surface area contributed by atoms with Crippen LogP contribution < -0.4 is 0 Å². The third kappa shape index (κ3) is 3.03. The first-order chi connectivity index (χ1) is 8.58. The van der Waals surface area contributed by atoms with Crippen molar-refractivity contribution in [2.45, 2.75) is 37.0 Å². The van der Waals surface area contributed by atoms with Crippen LogP contribution in [0, 0.1) is 13.8 Å². The van der Waals surface area contributed by atoms with E-state index in [4.69, 9.17) is 4.74 Å². The maximum absolute atomic E-state index is 11.3. The summed E-state index contributed by atoms with van der Waals surface area (Å²) in [5, 5.41) is 10.3. The lowest BCUT2D eigenvalue weighted by molar-refractivity contribution is 0.0691. The number of aromatic carboxylic acids is 1. The van der Waals surface area contributed by atoms with Gasteiger partial charge >= 0.3 is 5.97 Å². The number of aryl methyl sites for hydroxylation is 2. The molecule has 0 spiro atoms. The highest BCUT2D eigenvalue weighted by molar-refractivity contribution is 7.99. The van der Waals surface area contributed by atoms with E-state index in [-0.39, 0.29) is 0 Å². The van der Waals surface area contributed by atoms with E-state index in [2.05, 4.69) is 4.98 Å². The van der Waals surface area contributed by atoms with Crippen LogP contribution in [0.5, 0.6) is 0 Å². The maximum Gasteiger partial charge on any atom is 0.338 e. The largest absolute Gasteiger partial charge is 0.478 e. The van der Waals surface area contributed by atoms with Gasteiger partial charge in [0.25, 0.3) is 0 Å². The Morgan fingerprint density at radius 1 is 1.44 bits per heavy atom. The van der Waals surface area contributed by atoms with Crippen molar-refractivity contribution in [2.24, 2.45) is 0 Å². The van der Waals surface area contributed by atoms with Gasteiger partial charge < -0.3 is 9.84 Å². The smallest absolute Gasteiger partial charge is 0.338 e. The SMILES string of the molecule is Cc1cc(C)c(C(=O)O)c(SC2CCOCC2)n1. The van der Waals surface area contributed by atoms with Crippen LogP contribution in [0.25, 0.3) is 0 Å². The number of carboxylic acid groups (broad SMARTS) is 1. The molecule has 0 saturated carbocycles. The van der Waals surface area contributed by atoms with Crippen LogP contribution in [-0.4, -0.2) is 34.5 Å². The third-order valence-corrected chi connectivity index (χ3v) is 4.30. The lowest BCUT2D eigenvalue weighted by Gasteiger charge is -2.22. The number of aromatic nitrogens is 1. The number of nitrogens with zero attached hydrogens (tertiary/aromatic N) is 1. The van der Waals surface area contributed by atoms with E-state index in [9.17, 15) is 9.90 Å². The Labute approximate surface area is 111 Å². The van der Waals surface area contributed by atoms with Crippen molar-refractivity contribution in [2.75, 3.05) is 13.2 Å². The molecular weight excluding hydrogens is 250 g/mol. The first-order valence-electron chi connectivity index (χ1n) is 6.04. The second-order valence-corrected chi connectivity index (χ2v) is 5.78. The quantitative estimate of drug-likeness (QED) is 0.912. The molecule has 0 unspecified atom stereocenters. The summed E-state index contributed by atoms with van der Waals surface area (Å²) < 4.78 is 5.31. The van der Waals surface area contributed by atoms with Crippen molar-refractivity contribution in [3.63, 3.8) is 0 Å². The molecule has 98 valence electrons. The monoisotopic (exact) mass is 267 g/mol. The van der Waals surface area contributed by atoms with Crippen LogP contribution >= 0.6 is 11.8 Å². The van der Waals surface area contributed by atoms with Gasteiger partial charge in [0.05, 0.1) is 5.56 Å². The predicted molar refractivity (Wildman–Crippen MR) is 70.4 cm³/mol. The highest BCUT2D eigenvalue weighted by Crippen LogP contribution is 2.32. The van der Waals surface area contributed by atoms with Gasteiger partial charge in [-0.15, -0.1) is 11.8 Å². The number of thioether (sulfide) groups is 1. The van der Waals surface area contributed by atoms with E-state index in [1.807, 2.05) is 19.9 Å². The van der Waals surface area contributed by atoms with Crippen LogP contribution in [0.2, 0.25) is 0 Å². The van der Waals surface area contributed by atoms with Crippen molar-refractivity contribution in [3.8, 4) is 0 Å². The van der Waals surface area contributed by atoms with Gasteiger partial charge in [-0.05, 0) is 38.3 Å². The fourth-order valence-electron chi connectivity index (χ4n) is 2.10. The van der Waals surface area contributed by atoms with Crippen LogP contribution in [0.3, 0.4) is 0 Å². The van der Waals surface area contributed by atoms with Crippen LogP contribution in [0.4, 0.5) is 0 Å². The minimum atomic E-state index is -0.894. The second kappa shape index (κ2) is 5.71. The van der Waals surface area contributed by atoms with Crippen molar-refractivity contribution >= 4 is 17.7 Å². The standard InChI is InChI=1S/C13H17NO3S/c1-8-7-9(2)14-12(11(8)13(15)16)18-10-3-5-17-6-4-10/h7,10H,3-6H2,1-2H3,(H,15,16). The van der Waals surface area contributed by atoms with E-state index in [0.717, 1.165) is 37.3 Å². The first-order valence-corrected chi connectivity index (χ1v) is 6.92. The Kier molecular flexibility index (Phi) is 4.24. The predicted octanol–water partition coefficient (Wildman–Crippen LogP) is 2.67. The zero-order valence-electron chi connectivity index (χ0n) is 10.6. The zero-order chi connectivity index (χ0) is 13.1.